The molecule has 1 amide bonds. The van der Waals surface area contributed by atoms with Crippen LogP contribution in [0, 0.1) is 0 Å². The number of likely N-dealkylation sites (tertiary alicyclic amines) is 1. The van der Waals surface area contributed by atoms with Gasteiger partial charge in [-0.1, -0.05) is 108 Å². The smallest absolute Gasteiger partial charge is 0.338 e. The molecule has 0 aliphatic carbocycles. The van der Waals surface area contributed by atoms with E-state index in [0.717, 1.165) is 23.2 Å². The van der Waals surface area contributed by atoms with Crippen LogP contribution in [0.5, 0.6) is 0 Å². The maximum absolute atomic E-state index is 13.9. The Morgan fingerprint density at radius 2 is 1.50 bits per heavy atom. The predicted octanol–water partition coefficient (Wildman–Crippen LogP) is 7.17. The lowest BCUT2D eigenvalue weighted by Crippen LogP contribution is -2.42. The first-order chi connectivity index (χ1) is 20.5. The van der Waals surface area contributed by atoms with E-state index in [1.165, 1.54) is 5.06 Å². The van der Waals surface area contributed by atoms with Crippen LogP contribution < -0.4 is 0 Å². The van der Waals surface area contributed by atoms with Crippen LogP contribution in [0.15, 0.2) is 109 Å². The molecule has 5 rings (SSSR count). The molecule has 0 radical (unpaired) electrons. The van der Waals surface area contributed by atoms with Gasteiger partial charge in [0.05, 0.1) is 28.1 Å². The summed E-state index contributed by atoms with van der Waals surface area (Å²) < 4.78 is 5.81. The van der Waals surface area contributed by atoms with Crippen molar-refractivity contribution in [1.82, 2.24) is 9.96 Å². The van der Waals surface area contributed by atoms with Crippen molar-refractivity contribution >= 4 is 35.1 Å². The molecule has 1 aliphatic heterocycles. The van der Waals surface area contributed by atoms with Crippen molar-refractivity contribution in [3.05, 3.63) is 141 Å². The monoisotopic (exact) mass is 602 g/mol. The highest BCUT2D eigenvalue weighted by atomic mass is 35.5. The van der Waals surface area contributed by atoms with Crippen LogP contribution in [-0.4, -0.2) is 47.6 Å². The van der Waals surface area contributed by atoms with E-state index in [4.69, 9.17) is 32.8 Å². The van der Waals surface area contributed by atoms with E-state index in [1.54, 1.807) is 30.3 Å². The molecule has 1 aliphatic rings. The first-order valence-electron chi connectivity index (χ1n) is 13.9. The first-order valence-corrected chi connectivity index (χ1v) is 14.7. The van der Waals surface area contributed by atoms with Gasteiger partial charge in [-0.25, -0.2) is 9.86 Å². The first kappa shape index (κ1) is 29.8. The van der Waals surface area contributed by atoms with E-state index in [2.05, 4.69) is 4.90 Å². The van der Waals surface area contributed by atoms with Gasteiger partial charge in [-0.05, 0) is 47.4 Å². The molecule has 0 bridgehead atoms. The normalized spacial score (nSPS) is 15.7. The zero-order chi connectivity index (χ0) is 29.3. The zero-order valence-electron chi connectivity index (χ0n) is 23.1. The second-order valence-electron chi connectivity index (χ2n) is 10.3. The molecule has 6 nitrogen and oxygen atoms in total. The van der Waals surface area contributed by atoms with Crippen molar-refractivity contribution in [3.63, 3.8) is 0 Å². The lowest BCUT2D eigenvalue weighted by molar-refractivity contribution is -0.208. The molecule has 1 heterocycles. The van der Waals surface area contributed by atoms with Crippen LogP contribution >= 0.6 is 23.2 Å². The second-order valence-corrected chi connectivity index (χ2v) is 11.1. The number of hydroxylamine groups is 2. The number of rotatable bonds is 11. The molecule has 4 aromatic rings. The summed E-state index contributed by atoms with van der Waals surface area (Å²) in [5, 5.41) is 2.32. The minimum atomic E-state index is -0.409. The van der Waals surface area contributed by atoms with E-state index in [0.29, 0.717) is 35.1 Å². The summed E-state index contributed by atoms with van der Waals surface area (Å²) in [4.78, 5) is 35.1. The lowest BCUT2D eigenvalue weighted by Gasteiger charge is -2.34. The quantitative estimate of drug-likeness (QED) is 0.134. The van der Waals surface area contributed by atoms with Gasteiger partial charge in [-0.15, -0.1) is 0 Å². The van der Waals surface area contributed by atoms with Crippen LogP contribution in [0.25, 0.3) is 0 Å². The molecule has 0 N–H and O–H groups in total. The molecular weight excluding hydrogens is 571 g/mol. The lowest BCUT2D eigenvalue weighted by atomic mass is 10.0. The standard InChI is InChI=1S/C34H32Cl2N2O4/c35-30-17-16-26(20-31(30)36)21-33(39)38(41-24-25-10-4-1-5-11-25)32(27-12-6-2-7-13-27)23-37-19-18-29(22-37)42-34(40)28-14-8-3-9-15-28/h1-17,20,29,32H,18-19,21-24H2/t29?,32-/m1/s1. The number of halogens is 2. The van der Waals surface area contributed by atoms with E-state index in [-0.39, 0.29) is 31.0 Å². The van der Waals surface area contributed by atoms with Crippen molar-refractivity contribution in [2.24, 2.45) is 0 Å². The molecule has 1 fully saturated rings. The predicted molar refractivity (Wildman–Crippen MR) is 164 cm³/mol. The van der Waals surface area contributed by atoms with Crippen molar-refractivity contribution in [2.45, 2.75) is 31.6 Å². The Labute approximate surface area is 256 Å². The summed E-state index contributed by atoms with van der Waals surface area (Å²) in [6.45, 7) is 2.03. The minimum absolute atomic E-state index is 0.0896. The maximum atomic E-state index is 13.9. The molecule has 0 aromatic heterocycles. The highest BCUT2D eigenvalue weighted by Crippen LogP contribution is 2.28. The van der Waals surface area contributed by atoms with Gasteiger partial charge in [0.15, 0.2) is 0 Å². The molecule has 1 saturated heterocycles. The van der Waals surface area contributed by atoms with Crippen molar-refractivity contribution in [1.29, 1.82) is 0 Å². The summed E-state index contributed by atoms with van der Waals surface area (Å²) in [6.07, 6.45) is 0.564. The Hall–Kier alpha value is -3.68. The van der Waals surface area contributed by atoms with Crippen LogP contribution in [-0.2, 0) is 27.4 Å². The average Bonchev–Trinajstić information content (AvgIpc) is 3.46. The van der Waals surface area contributed by atoms with Crippen LogP contribution in [0.3, 0.4) is 0 Å². The molecule has 2 atom stereocenters. The van der Waals surface area contributed by atoms with Crippen molar-refractivity contribution < 1.29 is 19.2 Å². The fourth-order valence-electron chi connectivity index (χ4n) is 5.04. The molecule has 8 heteroatoms. The molecule has 42 heavy (non-hydrogen) atoms. The van der Waals surface area contributed by atoms with Gasteiger partial charge in [-0.3, -0.25) is 14.5 Å². The van der Waals surface area contributed by atoms with E-state index in [9.17, 15) is 9.59 Å². The average molecular weight is 604 g/mol. The number of benzene rings is 4. The number of hydrogen-bond acceptors (Lipinski definition) is 5. The van der Waals surface area contributed by atoms with Gasteiger partial charge in [0.25, 0.3) is 5.91 Å². The number of carbonyl (C=O) groups is 2. The van der Waals surface area contributed by atoms with Crippen molar-refractivity contribution in [2.75, 3.05) is 19.6 Å². The Kier molecular flexibility index (Phi) is 10.3. The van der Waals surface area contributed by atoms with Crippen LogP contribution in [0.2, 0.25) is 10.0 Å². The fourth-order valence-corrected chi connectivity index (χ4v) is 5.36. The Balaban J connectivity index is 1.36. The number of amides is 1. The van der Waals surface area contributed by atoms with E-state index < -0.39 is 6.04 Å². The number of esters is 1. The van der Waals surface area contributed by atoms with Crippen LogP contribution in [0.1, 0.15) is 39.5 Å². The minimum Gasteiger partial charge on any atom is -0.457 e. The fraction of sp³-hybridized carbons (Fsp3) is 0.235. The third kappa shape index (κ3) is 7.99. The Morgan fingerprint density at radius 3 is 2.19 bits per heavy atom. The molecular formula is C34H32Cl2N2O4. The summed E-state index contributed by atoms with van der Waals surface area (Å²) in [5.41, 5.74) is 3.17. The molecule has 0 spiro atoms. The van der Waals surface area contributed by atoms with Crippen LogP contribution in [0.4, 0.5) is 0 Å². The SMILES string of the molecule is O=C(OC1CCN(C[C@H](c2ccccc2)N(OCc2ccccc2)C(=O)Cc2ccc(Cl)c(Cl)c2)C1)c1ccccc1. The molecule has 1 unspecified atom stereocenters. The highest BCUT2D eigenvalue weighted by molar-refractivity contribution is 6.42. The number of ether oxygens (including phenoxy) is 1. The summed E-state index contributed by atoms with van der Waals surface area (Å²) in [5.74, 6) is -0.531. The topological polar surface area (TPSA) is 59.1 Å². The second kappa shape index (κ2) is 14.5. The van der Waals surface area contributed by atoms with Gasteiger partial charge >= 0.3 is 5.97 Å². The Morgan fingerprint density at radius 1 is 0.833 bits per heavy atom. The van der Waals surface area contributed by atoms with Gasteiger partial charge in [-0.2, -0.15) is 0 Å². The van der Waals surface area contributed by atoms with Crippen molar-refractivity contribution in [3.8, 4) is 0 Å². The summed E-state index contributed by atoms with van der Waals surface area (Å²) >= 11 is 12.4. The van der Waals surface area contributed by atoms with Gasteiger partial charge in [0.1, 0.15) is 12.7 Å². The largest absolute Gasteiger partial charge is 0.457 e. The molecule has 216 valence electrons. The highest BCUT2D eigenvalue weighted by Gasteiger charge is 2.33. The van der Waals surface area contributed by atoms with E-state index >= 15 is 0 Å². The van der Waals surface area contributed by atoms with Gasteiger partial charge in [0.2, 0.25) is 0 Å². The zero-order valence-corrected chi connectivity index (χ0v) is 24.6. The van der Waals surface area contributed by atoms with E-state index in [1.807, 2.05) is 78.9 Å². The third-order valence-electron chi connectivity index (χ3n) is 7.21. The molecule has 4 aromatic carbocycles. The number of hydrogen-bond donors (Lipinski definition) is 0. The summed E-state index contributed by atoms with van der Waals surface area (Å²) in [7, 11) is 0. The summed E-state index contributed by atoms with van der Waals surface area (Å²) in [6, 6.07) is 33.4. The number of carbonyl (C=O) groups excluding carboxylic acids is 2. The van der Waals surface area contributed by atoms with Gasteiger partial charge in [0, 0.05) is 19.6 Å². The maximum Gasteiger partial charge on any atom is 0.338 e. The van der Waals surface area contributed by atoms with Gasteiger partial charge < -0.3 is 4.74 Å². The Bertz CT molecular complexity index is 1470. The number of nitrogens with zero attached hydrogens (tertiary/aromatic N) is 2. The molecule has 0 saturated carbocycles. The third-order valence-corrected chi connectivity index (χ3v) is 7.95.